The number of carbonyl (C=O) groups is 1. The molecule has 0 aliphatic carbocycles. The molecule has 0 spiro atoms. The molecule has 0 saturated heterocycles. The highest BCUT2D eigenvalue weighted by molar-refractivity contribution is 6.15. The zero-order chi connectivity index (χ0) is 11.2. The Bertz CT molecular complexity index is 561. The van der Waals surface area contributed by atoms with E-state index in [4.69, 9.17) is 5.73 Å². The lowest BCUT2D eigenvalue weighted by atomic mass is 10.2. The maximum atomic E-state index is 11.3. The molecule has 2 aromatic rings. The van der Waals surface area contributed by atoms with Gasteiger partial charge in [-0.25, -0.2) is 9.97 Å². The summed E-state index contributed by atoms with van der Waals surface area (Å²) in [5, 5.41) is 0. The van der Waals surface area contributed by atoms with Gasteiger partial charge in [-0.3, -0.25) is 4.79 Å². The zero-order valence-electron chi connectivity index (χ0n) is 8.48. The molecule has 0 aliphatic heterocycles. The van der Waals surface area contributed by atoms with Gasteiger partial charge in [-0.15, -0.1) is 0 Å². The first-order chi connectivity index (χ1) is 7.02. The van der Waals surface area contributed by atoms with Crippen LogP contribution < -0.4 is 5.73 Å². The van der Waals surface area contributed by atoms with Gasteiger partial charge in [0, 0.05) is 5.69 Å². The second-order valence-corrected chi connectivity index (χ2v) is 3.89. The Balaban J connectivity index is 2.95. The Morgan fingerprint density at radius 1 is 1.53 bits per heavy atom. The van der Waals surface area contributed by atoms with E-state index < -0.39 is 5.91 Å². The van der Waals surface area contributed by atoms with Gasteiger partial charge in [0.25, 0.3) is 5.91 Å². The first-order valence-corrected chi connectivity index (χ1v) is 4.93. The monoisotopic (exact) mass is 216 g/mol. The molecule has 0 unspecified atom stereocenters. The lowest BCUT2D eigenvalue weighted by Crippen LogP contribution is -2.12. The maximum Gasteiger partial charge on any atom is 0.320 e. The lowest BCUT2D eigenvalue weighted by Gasteiger charge is -1.98. The first kappa shape index (κ1) is 10.2. The van der Waals surface area contributed by atoms with Crippen LogP contribution in [0.15, 0.2) is 6.20 Å². The smallest absolute Gasteiger partial charge is 0.320 e. The van der Waals surface area contributed by atoms with Crippen molar-refractivity contribution in [2.24, 2.45) is 5.73 Å². The SMILES string of the molecule is Cc1cnc2c(n1)c(C(N)=O)c(C)[n]2[Al]. The molecule has 2 radical (unpaired) electrons. The van der Waals surface area contributed by atoms with Crippen molar-refractivity contribution in [3.8, 4) is 0 Å². The van der Waals surface area contributed by atoms with Crippen LogP contribution in [0.4, 0.5) is 0 Å². The van der Waals surface area contributed by atoms with E-state index in [1.807, 2.05) is 13.8 Å². The number of nitrogens with two attached hydrogens (primary N) is 1. The van der Waals surface area contributed by atoms with Gasteiger partial charge in [-0.05, 0) is 13.8 Å². The number of nitrogens with zero attached hydrogens (tertiary/aromatic N) is 3. The minimum atomic E-state index is -0.474. The maximum absolute atomic E-state index is 11.3. The minimum Gasteiger partial charge on any atom is -0.439 e. The van der Waals surface area contributed by atoms with Gasteiger partial charge in [-0.1, -0.05) is 0 Å². The summed E-state index contributed by atoms with van der Waals surface area (Å²) in [5.74, 6) is -0.474. The third-order valence-electron chi connectivity index (χ3n) is 2.31. The van der Waals surface area contributed by atoms with Crippen LogP contribution in [0.1, 0.15) is 21.7 Å². The van der Waals surface area contributed by atoms with Gasteiger partial charge in [0.2, 0.25) is 0 Å². The van der Waals surface area contributed by atoms with Crippen molar-refractivity contribution >= 4 is 33.6 Å². The Hall–Kier alpha value is -1.38. The van der Waals surface area contributed by atoms with Crippen LogP contribution in [0, 0.1) is 13.8 Å². The Kier molecular flexibility index (Phi) is 2.25. The van der Waals surface area contributed by atoms with E-state index in [9.17, 15) is 4.79 Å². The highest BCUT2D eigenvalue weighted by Crippen LogP contribution is 2.20. The van der Waals surface area contributed by atoms with E-state index in [0.717, 1.165) is 11.4 Å². The van der Waals surface area contributed by atoms with Crippen LogP contribution in [0.25, 0.3) is 11.2 Å². The fourth-order valence-corrected chi connectivity index (χ4v) is 1.88. The predicted molar refractivity (Wildman–Crippen MR) is 56.7 cm³/mol. The average molecular weight is 216 g/mol. The largest absolute Gasteiger partial charge is 0.439 e. The minimum absolute atomic E-state index is 0.441. The van der Waals surface area contributed by atoms with Crippen molar-refractivity contribution in [1.29, 1.82) is 0 Å². The van der Waals surface area contributed by atoms with Crippen molar-refractivity contribution in [2.45, 2.75) is 13.8 Å². The molecule has 5 nitrogen and oxygen atoms in total. The fourth-order valence-electron chi connectivity index (χ4n) is 1.56. The summed E-state index contributed by atoms with van der Waals surface area (Å²) < 4.78 is 1.74. The molecule has 0 saturated carbocycles. The highest BCUT2D eigenvalue weighted by Gasteiger charge is 2.17. The number of fused-ring (bicyclic) bond motifs is 1. The molecule has 6 heteroatoms. The summed E-state index contributed by atoms with van der Waals surface area (Å²) in [5.41, 5.74) is 8.49. The van der Waals surface area contributed by atoms with Crippen molar-refractivity contribution in [3.63, 3.8) is 0 Å². The van der Waals surface area contributed by atoms with Crippen molar-refractivity contribution in [2.75, 3.05) is 0 Å². The van der Waals surface area contributed by atoms with Crippen LogP contribution in [-0.4, -0.2) is 35.9 Å². The van der Waals surface area contributed by atoms with Gasteiger partial charge in [0.1, 0.15) is 11.2 Å². The quantitative estimate of drug-likeness (QED) is 0.686. The van der Waals surface area contributed by atoms with Crippen LogP contribution in [0.2, 0.25) is 0 Å². The number of aromatic nitrogens is 3. The van der Waals surface area contributed by atoms with Gasteiger partial charge < -0.3 is 9.28 Å². The molecule has 1 amide bonds. The van der Waals surface area contributed by atoms with E-state index in [1.54, 1.807) is 9.75 Å². The summed E-state index contributed by atoms with van der Waals surface area (Å²) in [6.45, 7) is 3.64. The Labute approximate surface area is 94.9 Å². The summed E-state index contributed by atoms with van der Waals surface area (Å²) in [6, 6.07) is 0. The molecule has 0 aromatic carbocycles. The summed E-state index contributed by atoms with van der Waals surface area (Å²) >= 11 is 2.49. The van der Waals surface area contributed by atoms with Gasteiger partial charge in [0.15, 0.2) is 0 Å². The number of hydrogen-bond acceptors (Lipinski definition) is 3. The number of primary amides is 1. The summed E-state index contributed by atoms with van der Waals surface area (Å²) in [4.78, 5) is 19.8. The molecule has 0 atom stereocenters. The number of hydrogen-bond donors (Lipinski definition) is 1. The van der Waals surface area contributed by atoms with E-state index in [1.165, 1.54) is 0 Å². The second-order valence-electron chi connectivity index (χ2n) is 3.38. The summed E-state index contributed by atoms with van der Waals surface area (Å²) in [7, 11) is 0. The van der Waals surface area contributed by atoms with Crippen LogP contribution >= 0.6 is 0 Å². The molecular weight excluding hydrogens is 207 g/mol. The third kappa shape index (κ3) is 1.42. The fraction of sp³-hybridized carbons (Fsp3) is 0.222. The topological polar surface area (TPSA) is 73.8 Å². The number of amides is 1. The molecule has 2 aromatic heterocycles. The molecule has 0 bridgehead atoms. The average Bonchev–Trinajstić information content (AvgIpc) is 2.39. The molecule has 0 aliphatic rings. The predicted octanol–water partition coefficient (Wildman–Crippen LogP) is 0.0786. The van der Waals surface area contributed by atoms with Gasteiger partial charge in [-0.2, -0.15) is 0 Å². The van der Waals surface area contributed by atoms with Crippen molar-refractivity contribution in [1.82, 2.24) is 13.5 Å². The molecule has 2 heterocycles. The van der Waals surface area contributed by atoms with Crippen molar-refractivity contribution in [3.05, 3.63) is 23.1 Å². The highest BCUT2D eigenvalue weighted by atomic mass is 27.1. The van der Waals surface area contributed by atoms with E-state index in [0.29, 0.717) is 16.7 Å². The van der Waals surface area contributed by atoms with Crippen LogP contribution in [0.3, 0.4) is 0 Å². The molecule has 0 fully saturated rings. The zero-order valence-corrected chi connectivity index (χ0v) is 9.64. The van der Waals surface area contributed by atoms with Crippen LogP contribution in [0.5, 0.6) is 0 Å². The Morgan fingerprint density at radius 2 is 2.20 bits per heavy atom. The molecule has 2 N–H and O–H groups in total. The first-order valence-electron chi connectivity index (χ1n) is 4.42. The Morgan fingerprint density at radius 3 is 2.80 bits per heavy atom. The van der Waals surface area contributed by atoms with Crippen molar-refractivity contribution < 1.29 is 4.79 Å². The van der Waals surface area contributed by atoms with E-state index in [-0.39, 0.29) is 0 Å². The molecule has 74 valence electrons. The summed E-state index contributed by atoms with van der Waals surface area (Å²) in [6.07, 6.45) is 1.66. The number of aryl methyl sites for hydroxylation is 1. The molecule has 2 rings (SSSR count). The van der Waals surface area contributed by atoms with E-state index >= 15 is 0 Å². The molecular formula is C9H9AlN4O. The van der Waals surface area contributed by atoms with Gasteiger partial charge >= 0.3 is 16.5 Å². The standard InChI is InChI=1S/C9H10N4O.Al/c1-4-3-11-9-7(12-4)6(8(10)14)5(2)13-9;/h3H,1-2H3,(H3,10,11,12,13,14);/q;+1/p-1. The molecule has 15 heavy (non-hydrogen) atoms. The number of carbonyl (C=O) groups excluding carboxylic acids is 1. The third-order valence-corrected chi connectivity index (χ3v) is 2.94. The second kappa shape index (κ2) is 3.33. The van der Waals surface area contributed by atoms with E-state index in [2.05, 4.69) is 26.5 Å². The van der Waals surface area contributed by atoms with Crippen LogP contribution in [-0.2, 0) is 0 Å². The van der Waals surface area contributed by atoms with Gasteiger partial charge in [0.05, 0.1) is 17.5 Å². The normalized spacial score (nSPS) is 10.8. The lowest BCUT2D eigenvalue weighted by molar-refractivity contribution is 0.100. The number of rotatable bonds is 1.